The Hall–Kier alpha value is -0.470. The number of nitrogens with one attached hydrogen (secondary N) is 1. The molecular weight excluding hydrogens is 202 g/mol. The Bertz CT molecular complexity index is 290. The van der Waals surface area contributed by atoms with Crippen LogP contribution in [0, 0.1) is 12.8 Å². The van der Waals surface area contributed by atoms with Gasteiger partial charge in [-0.2, -0.15) is 0 Å². The van der Waals surface area contributed by atoms with Crippen molar-refractivity contribution < 1.29 is 0 Å². The van der Waals surface area contributed by atoms with Crippen molar-refractivity contribution in [2.75, 3.05) is 18.8 Å². The fourth-order valence-corrected chi connectivity index (χ4v) is 2.31. The molecule has 1 aromatic carbocycles. The van der Waals surface area contributed by atoms with Gasteiger partial charge < -0.3 is 5.32 Å². The van der Waals surface area contributed by atoms with Gasteiger partial charge in [0.05, 0.1) is 0 Å². The normalized spacial score (nSPS) is 15.5. The van der Waals surface area contributed by atoms with Crippen molar-refractivity contribution in [3.05, 3.63) is 29.8 Å². The quantitative estimate of drug-likeness (QED) is 0.585. The fourth-order valence-electron chi connectivity index (χ4n) is 1.50. The molecule has 0 bridgehead atoms. The first-order valence-electron chi connectivity index (χ1n) is 5.75. The summed E-state index contributed by atoms with van der Waals surface area (Å²) in [6.45, 7) is 4.50. The molecule has 1 aromatic rings. The monoisotopic (exact) mass is 221 g/mol. The summed E-state index contributed by atoms with van der Waals surface area (Å²) in [4.78, 5) is 1.38. The highest BCUT2D eigenvalue weighted by Crippen LogP contribution is 2.27. The van der Waals surface area contributed by atoms with Crippen molar-refractivity contribution in [1.82, 2.24) is 5.32 Å². The van der Waals surface area contributed by atoms with Gasteiger partial charge in [0.15, 0.2) is 0 Å². The predicted octanol–water partition coefficient (Wildman–Crippen LogP) is 3.09. The Morgan fingerprint density at radius 2 is 2.00 bits per heavy atom. The molecule has 0 saturated heterocycles. The van der Waals surface area contributed by atoms with Crippen molar-refractivity contribution >= 4 is 11.8 Å². The van der Waals surface area contributed by atoms with E-state index in [1.165, 1.54) is 35.6 Å². The van der Waals surface area contributed by atoms with E-state index in [0.29, 0.717) is 0 Å². The van der Waals surface area contributed by atoms with E-state index in [2.05, 4.69) is 36.5 Å². The van der Waals surface area contributed by atoms with E-state index >= 15 is 0 Å². The second-order valence-electron chi connectivity index (χ2n) is 4.31. The number of aryl methyl sites for hydroxylation is 1. The van der Waals surface area contributed by atoms with Crippen molar-refractivity contribution in [2.45, 2.75) is 24.7 Å². The zero-order valence-corrected chi connectivity index (χ0v) is 10.1. The third-order valence-corrected chi connectivity index (χ3v) is 3.71. The van der Waals surface area contributed by atoms with Crippen LogP contribution in [0.3, 0.4) is 0 Å². The third kappa shape index (κ3) is 4.27. The summed E-state index contributed by atoms with van der Waals surface area (Å²) in [5, 5.41) is 3.51. The summed E-state index contributed by atoms with van der Waals surface area (Å²) in [5.41, 5.74) is 1.34. The Morgan fingerprint density at radius 1 is 1.27 bits per heavy atom. The van der Waals surface area contributed by atoms with Gasteiger partial charge in [0.25, 0.3) is 0 Å². The molecule has 1 N–H and O–H groups in total. The van der Waals surface area contributed by atoms with E-state index in [9.17, 15) is 0 Å². The number of hydrogen-bond donors (Lipinski definition) is 1. The fraction of sp³-hybridized carbons (Fsp3) is 0.538. The van der Waals surface area contributed by atoms with Gasteiger partial charge in [-0.05, 0) is 44.4 Å². The molecule has 0 amide bonds. The molecular formula is C13H19NS. The highest BCUT2D eigenvalue weighted by Gasteiger charge is 2.19. The van der Waals surface area contributed by atoms with Crippen LogP contribution in [-0.2, 0) is 0 Å². The molecule has 2 heteroatoms. The summed E-state index contributed by atoms with van der Waals surface area (Å²) >= 11 is 1.94. The smallest absolute Gasteiger partial charge is 0.0106 e. The van der Waals surface area contributed by atoms with Crippen LogP contribution < -0.4 is 5.32 Å². The minimum absolute atomic E-state index is 0.995. The maximum Gasteiger partial charge on any atom is 0.0106 e. The highest BCUT2D eigenvalue weighted by molar-refractivity contribution is 7.99. The van der Waals surface area contributed by atoms with Crippen molar-refractivity contribution in [3.8, 4) is 0 Å². The molecule has 1 saturated carbocycles. The van der Waals surface area contributed by atoms with E-state index in [1.807, 2.05) is 11.8 Å². The molecule has 1 nitrogen and oxygen atoms in total. The van der Waals surface area contributed by atoms with Gasteiger partial charge in [-0.1, -0.05) is 17.7 Å². The molecule has 15 heavy (non-hydrogen) atoms. The van der Waals surface area contributed by atoms with Gasteiger partial charge in [-0.3, -0.25) is 0 Å². The zero-order valence-electron chi connectivity index (χ0n) is 9.33. The summed E-state index contributed by atoms with van der Waals surface area (Å²) < 4.78 is 0. The minimum atomic E-state index is 0.995. The van der Waals surface area contributed by atoms with Crippen LogP contribution in [0.5, 0.6) is 0 Å². The first-order chi connectivity index (χ1) is 7.34. The average molecular weight is 221 g/mol. The lowest BCUT2D eigenvalue weighted by Crippen LogP contribution is -2.19. The molecule has 1 aliphatic carbocycles. The van der Waals surface area contributed by atoms with Crippen LogP contribution in [0.15, 0.2) is 29.2 Å². The zero-order chi connectivity index (χ0) is 10.5. The van der Waals surface area contributed by atoms with Crippen LogP contribution in [0.2, 0.25) is 0 Å². The van der Waals surface area contributed by atoms with Crippen molar-refractivity contribution in [1.29, 1.82) is 0 Å². The second-order valence-corrected chi connectivity index (χ2v) is 5.48. The largest absolute Gasteiger partial charge is 0.316 e. The maximum atomic E-state index is 3.51. The molecule has 2 rings (SSSR count). The molecule has 0 aromatic heterocycles. The molecule has 0 atom stereocenters. The summed E-state index contributed by atoms with van der Waals surface area (Å²) in [5.74, 6) is 2.17. The topological polar surface area (TPSA) is 12.0 Å². The van der Waals surface area contributed by atoms with E-state index in [1.54, 1.807) is 0 Å². The predicted molar refractivity (Wildman–Crippen MR) is 67.5 cm³/mol. The number of thioether (sulfide) groups is 1. The molecule has 82 valence electrons. The lowest BCUT2D eigenvalue weighted by molar-refractivity contribution is 0.666. The molecule has 1 aliphatic rings. The summed E-state index contributed by atoms with van der Waals surface area (Å²) in [6, 6.07) is 8.78. The Labute approximate surface area is 96.7 Å². The Balaban J connectivity index is 1.58. The van der Waals surface area contributed by atoms with Gasteiger partial charge in [0.1, 0.15) is 0 Å². The first kappa shape index (κ1) is 11.0. The lowest BCUT2D eigenvalue weighted by Gasteiger charge is -2.03. The number of rotatable bonds is 6. The molecule has 0 heterocycles. The molecule has 1 fully saturated rings. The van der Waals surface area contributed by atoms with E-state index in [-0.39, 0.29) is 0 Å². The van der Waals surface area contributed by atoms with Crippen LogP contribution in [0.25, 0.3) is 0 Å². The van der Waals surface area contributed by atoms with Gasteiger partial charge in [0.2, 0.25) is 0 Å². The molecule has 0 spiro atoms. The SMILES string of the molecule is Cc1ccc(SCCNCC2CC2)cc1. The van der Waals surface area contributed by atoms with Gasteiger partial charge in [-0.25, -0.2) is 0 Å². The van der Waals surface area contributed by atoms with Crippen molar-refractivity contribution in [2.24, 2.45) is 5.92 Å². The number of hydrogen-bond acceptors (Lipinski definition) is 2. The van der Waals surface area contributed by atoms with E-state index in [0.717, 1.165) is 12.5 Å². The maximum absolute atomic E-state index is 3.51. The van der Waals surface area contributed by atoms with Gasteiger partial charge in [0, 0.05) is 17.2 Å². The minimum Gasteiger partial charge on any atom is -0.316 e. The highest BCUT2D eigenvalue weighted by atomic mass is 32.2. The lowest BCUT2D eigenvalue weighted by atomic mass is 10.2. The Kier molecular flexibility index (Phi) is 4.09. The van der Waals surface area contributed by atoms with Crippen LogP contribution in [0.4, 0.5) is 0 Å². The molecule has 0 aliphatic heterocycles. The van der Waals surface area contributed by atoms with E-state index < -0.39 is 0 Å². The average Bonchev–Trinajstić information content (AvgIpc) is 3.04. The van der Waals surface area contributed by atoms with Gasteiger partial charge >= 0.3 is 0 Å². The van der Waals surface area contributed by atoms with Crippen LogP contribution >= 0.6 is 11.8 Å². The van der Waals surface area contributed by atoms with Crippen LogP contribution in [-0.4, -0.2) is 18.8 Å². The standard InChI is InChI=1S/C13H19NS/c1-11-2-6-13(7-3-11)15-9-8-14-10-12-4-5-12/h2-3,6-7,12,14H,4-5,8-10H2,1H3. The Morgan fingerprint density at radius 3 is 2.67 bits per heavy atom. The van der Waals surface area contributed by atoms with Crippen molar-refractivity contribution in [3.63, 3.8) is 0 Å². The third-order valence-electron chi connectivity index (χ3n) is 2.70. The summed E-state index contributed by atoms with van der Waals surface area (Å²) in [6.07, 6.45) is 2.89. The summed E-state index contributed by atoms with van der Waals surface area (Å²) in [7, 11) is 0. The molecule has 0 unspecified atom stereocenters. The molecule has 0 radical (unpaired) electrons. The van der Waals surface area contributed by atoms with E-state index in [4.69, 9.17) is 0 Å². The number of benzene rings is 1. The second kappa shape index (κ2) is 5.57. The first-order valence-corrected chi connectivity index (χ1v) is 6.73. The van der Waals surface area contributed by atoms with Crippen LogP contribution in [0.1, 0.15) is 18.4 Å². The van der Waals surface area contributed by atoms with Gasteiger partial charge in [-0.15, -0.1) is 11.8 Å².